The van der Waals surface area contributed by atoms with E-state index >= 15 is 0 Å². The summed E-state index contributed by atoms with van der Waals surface area (Å²) in [5, 5.41) is 0. The van der Waals surface area contributed by atoms with Crippen molar-refractivity contribution >= 4 is 0 Å². The molecule has 0 fully saturated rings. The summed E-state index contributed by atoms with van der Waals surface area (Å²) in [6.07, 6.45) is 8.00. The number of rotatable bonds is 1. The van der Waals surface area contributed by atoms with Crippen LogP contribution in [0.4, 0.5) is 0 Å². The molecule has 0 spiro atoms. The van der Waals surface area contributed by atoms with Crippen LogP contribution in [0.2, 0.25) is 0 Å². The van der Waals surface area contributed by atoms with Crippen LogP contribution in [-0.2, 0) is 32.7 Å². The summed E-state index contributed by atoms with van der Waals surface area (Å²) in [5.41, 5.74) is 0. The fourth-order valence-corrected chi connectivity index (χ4v) is 0.222. The SMILES string of the molecule is C/C=C\C=C/C.CC.[Y]. The minimum Gasteiger partial charge on any atom is -0.0877 e. The van der Waals surface area contributed by atoms with E-state index in [9.17, 15) is 0 Å². The topological polar surface area (TPSA) is 0 Å². The molecule has 1 radical (unpaired) electrons. The molecule has 0 atom stereocenters. The Balaban J connectivity index is -0.000000109. The maximum atomic E-state index is 2.00. The first kappa shape index (κ1) is 16.3. The van der Waals surface area contributed by atoms with Crippen molar-refractivity contribution in [2.75, 3.05) is 0 Å². The van der Waals surface area contributed by atoms with Gasteiger partial charge in [-0.3, -0.25) is 0 Å². The minimum atomic E-state index is 0. The third-order valence-electron chi connectivity index (χ3n) is 0.496. The van der Waals surface area contributed by atoms with Crippen LogP contribution in [0.5, 0.6) is 0 Å². The standard InChI is InChI=1S/C6H10.C2H6.Y/c1-3-5-6-4-2;1-2;/h3-6H,1-2H3;1-2H3;/b5-3-,6-4-;;. The maximum absolute atomic E-state index is 2.00. The van der Waals surface area contributed by atoms with Crippen LogP contribution < -0.4 is 0 Å². The van der Waals surface area contributed by atoms with Gasteiger partial charge >= 0.3 is 0 Å². The quantitative estimate of drug-likeness (QED) is 0.571. The van der Waals surface area contributed by atoms with Gasteiger partial charge in [0.15, 0.2) is 0 Å². The molecule has 0 rings (SSSR count). The Labute approximate surface area is 84.3 Å². The fourth-order valence-electron chi connectivity index (χ4n) is 0.222. The Bertz CT molecular complexity index is 53.0. The van der Waals surface area contributed by atoms with Gasteiger partial charge < -0.3 is 0 Å². The predicted octanol–water partition coefficient (Wildman–Crippen LogP) is 3.16. The molecule has 0 aliphatic rings. The van der Waals surface area contributed by atoms with Crippen LogP contribution in [0, 0.1) is 0 Å². The van der Waals surface area contributed by atoms with Gasteiger partial charge in [-0.25, -0.2) is 0 Å². The molecule has 51 valence electrons. The number of allylic oxidation sites excluding steroid dienone is 4. The van der Waals surface area contributed by atoms with Gasteiger partial charge in [-0.2, -0.15) is 0 Å². The average molecular weight is 201 g/mol. The van der Waals surface area contributed by atoms with E-state index in [1.807, 2.05) is 52.0 Å². The summed E-state index contributed by atoms with van der Waals surface area (Å²) in [5.74, 6) is 0. The Morgan fingerprint density at radius 2 is 1.00 bits per heavy atom. The second-order valence-corrected chi connectivity index (χ2v) is 1.05. The molecule has 1 heteroatoms. The smallest absolute Gasteiger partial charge is 0 e. The second kappa shape index (κ2) is 23.5. The molecule has 0 saturated carbocycles. The zero-order valence-electron chi connectivity index (χ0n) is 6.89. The van der Waals surface area contributed by atoms with Crippen LogP contribution in [0.1, 0.15) is 27.7 Å². The molecular formula is C8H16Y. The molecule has 0 nitrogen and oxygen atoms in total. The third-order valence-corrected chi connectivity index (χ3v) is 0.496. The van der Waals surface area contributed by atoms with E-state index in [2.05, 4.69) is 0 Å². The van der Waals surface area contributed by atoms with Gasteiger partial charge in [-0.15, -0.1) is 0 Å². The van der Waals surface area contributed by atoms with Crippen molar-refractivity contribution in [1.82, 2.24) is 0 Å². The summed E-state index contributed by atoms with van der Waals surface area (Å²) >= 11 is 0. The largest absolute Gasteiger partial charge is 0.0877 e. The molecule has 0 aromatic rings. The van der Waals surface area contributed by atoms with Crippen molar-refractivity contribution in [3.8, 4) is 0 Å². The first-order chi connectivity index (χ1) is 3.91. The maximum Gasteiger partial charge on any atom is 0 e. The van der Waals surface area contributed by atoms with Gasteiger partial charge in [0.2, 0.25) is 0 Å². The third kappa shape index (κ3) is 29.0. The van der Waals surface area contributed by atoms with Crippen LogP contribution in [0.25, 0.3) is 0 Å². The minimum absolute atomic E-state index is 0. The van der Waals surface area contributed by atoms with Crippen LogP contribution in [-0.4, -0.2) is 0 Å². The molecule has 0 bridgehead atoms. The van der Waals surface area contributed by atoms with Crippen molar-refractivity contribution < 1.29 is 32.7 Å². The van der Waals surface area contributed by atoms with E-state index in [4.69, 9.17) is 0 Å². The molecule has 0 aliphatic heterocycles. The molecule has 0 aromatic carbocycles. The van der Waals surface area contributed by atoms with Gasteiger partial charge in [0, 0.05) is 32.7 Å². The second-order valence-electron chi connectivity index (χ2n) is 1.05. The van der Waals surface area contributed by atoms with E-state index in [1.54, 1.807) is 0 Å². The van der Waals surface area contributed by atoms with Crippen molar-refractivity contribution in [3.63, 3.8) is 0 Å². The Kier molecular flexibility index (Phi) is 42.5. The van der Waals surface area contributed by atoms with E-state index in [0.717, 1.165) is 0 Å². The van der Waals surface area contributed by atoms with Gasteiger partial charge in [0.05, 0.1) is 0 Å². The number of hydrogen-bond acceptors (Lipinski definition) is 0. The summed E-state index contributed by atoms with van der Waals surface area (Å²) in [6, 6.07) is 0. The molecule has 0 saturated heterocycles. The van der Waals surface area contributed by atoms with Gasteiger partial charge in [0.1, 0.15) is 0 Å². The van der Waals surface area contributed by atoms with E-state index in [1.165, 1.54) is 0 Å². The van der Waals surface area contributed by atoms with E-state index in [0.29, 0.717) is 0 Å². The monoisotopic (exact) mass is 201 g/mol. The molecular weight excluding hydrogens is 185 g/mol. The Morgan fingerprint density at radius 1 is 0.778 bits per heavy atom. The van der Waals surface area contributed by atoms with Gasteiger partial charge in [-0.1, -0.05) is 38.2 Å². The molecule has 0 aromatic heterocycles. The number of hydrogen-bond donors (Lipinski definition) is 0. The van der Waals surface area contributed by atoms with Gasteiger partial charge in [-0.05, 0) is 13.8 Å². The summed E-state index contributed by atoms with van der Waals surface area (Å²) in [7, 11) is 0. The van der Waals surface area contributed by atoms with E-state index in [-0.39, 0.29) is 32.7 Å². The molecule has 0 N–H and O–H groups in total. The summed E-state index contributed by atoms with van der Waals surface area (Å²) < 4.78 is 0. The van der Waals surface area contributed by atoms with Crippen LogP contribution >= 0.6 is 0 Å². The van der Waals surface area contributed by atoms with Crippen molar-refractivity contribution in [2.24, 2.45) is 0 Å². The van der Waals surface area contributed by atoms with Crippen molar-refractivity contribution in [3.05, 3.63) is 24.3 Å². The first-order valence-electron chi connectivity index (χ1n) is 3.15. The molecule has 0 amide bonds. The zero-order valence-corrected chi connectivity index (χ0v) is 9.73. The molecule has 9 heavy (non-hydrogen) atoms. The molecule has 0 aliphatic carbocycles. The van der Waals surface area contributed by atoms with Crippen LogP contribution in [0.3, 0.4) is 0 Å². The Morgan fingerprint density at radius 3 is 1.11 bits per heavy atom. The zero-order chi connectivity index (χ0) is 6.83. The fraction of sp³-hybridized carbons (Fsp3) is 0.500. The predicted molar refractivity (Wildman–Crippen MR) is 41.0 cm³/mol. The molecule has 0 heterocycles. The molecule has 0 unspecified atom stereocenters. The summed E-state index contributed by atoms with van der Waals surface area (Å²) in [4.78, 5) is 0. The normalized spacial score (nSPS) is 8.44. The Hall–Kier alpha value is 0.584. The van der Waals surface area contributed by atoms with Gasteiger partial charge in [0.25, 0.3) is 0 Å². The average Bonchev–Trinajstić information content (AvgIpc) is 1.88. The van der Waals surface area contributed by atoms with Crippen molar-refractivity contribution in [1.29, 1.82) is 0 Å². The summed E-state index contributed by atoms with van der Waals surface area (Å²) in [6.45, 7) is 8.00. The first-order valence-corrected chi connectivity index (χ1v) is 3.15. The van der Waals surface area contributed by atoms with Crippen molar-refractivity contribution in [2.45, 2.75) is 27.7 Å². The van der Waals surface area contributed by atoms with Crippen LogP contribution in [0.15, 0.2) is 24.3 Å². The van der Waals surface area contributed by atoms with E-state index < -0.39 is 0 Å².